The van der Waals surface area contributed by atoms with E-state index in [-0.39, 0.29) is 18.3 Å². The van der Waals surface area contributed by atoms with Gasteiger partial charge in [0, 0.05) is 53.1 Å². The molecule has 0 saturated carbocycles. The summed E-state index contributed by atoms with van der Waals surface area (Å²) < 4.78 is 31.3. The van der Waals surface area contributed by atoms with Crippen LogP contribution in [0.1, 0.15) is 22.3 Å². The van der Waals surface area contributed by atoms with Crippen molar-refractivity contribution in [2.45, 2.75) is 13.0 Å². The van der Waals surface area contributed by atoms with Gasteiger partial charge in [-0.3, -0.25) is 9.69 Å². The minimum Gasteiger partial charge on any atom is -0.491 e. The van der Waals surface area contributed by atoms with Crippen molar-refractivity contribution in [3.8, 4) is 11.5 Å². The molecule has 1 aliphatic heterocycles. The van der Waals surface area contributed by atoms with Gasteiger partial charge in [-0.25, -0.2) is 19.3 Å². The lowest BCUT2D eigenvalue weighted by atomic mass is 10.1. The molecule has 1 aliphatic rings. The van der Waals surface area contributed by atoms with Crippen molar-refractivity contribution in [3.63, 3.8) is 0 Å². The molecule has 8 rings (SSSR count). The van der Waals surface area contributed by atoms with Crippen LogP contribution in [0.4, 0.5) is 21.6 Å². The summed E-state index contributed by atoms with van der Waals surface area (Å²) in [5, 5.41) is 9.32. The van der Waals surface area contributed by atoms with Crippen LogP contribution >= 0.6 is 11.6 Å². The molecule has 0 atom stereocenters. The average molecular weight is 743 g/mol. The predicted molar refractivity (Wildman–Crippen MR) is 210 cm³/mol. The van der Waals surface area contributed by atoms with Crippen LogP contribution in [0.5, 0.6) is 11.5 Å². The van der Waals surface area contributed by atoms with Crippen LogP contribution in [-0.2, 0) is 11.3 Å². The third kappa shape index (κ3) is 8.18. The van der Waals surface area contributed by atoms with E-state index in [9.17, 15) is 9.18 Å². The molecule has 0 bridgehead atoms. The van der Waals surface area contributed by atoms with E-state index < -0.39 is 0 Å². The standard InChI is InChI=1S/C42H36ClFN6O4/c43-34-22-32(10-12-39(34)54-25-27-5-3-7-31(44)19-27)47-41-33-23-38(40(24-37(33)45-26-46-41)53-16-4-13-50-14-17-52-18-15-50)49-42(51)29-9-11-36-30(21-29)20-28-6-1-2-8-35(28)48-36/h1-3,5-12,19-24,26H,4,13-18,25H2,(H,49,51)(H,45,46,47). The first-order chi connectivity index (χ1) is 26.4. The molecular formula is C42H36ClFN6O4. The molecule has 2 aromatic heterocycles. The first-order valence-electron chi connectivity index (χ1n) is 17.7. The number of nitrogens with one attached hydrogen (secondary N) is 2. The van der Waals surface area contributed by atoms with Crippen LogP contribution in [0.25, 0.3) is 32.7 Å². The second kappa shape index (κ2) is 16.0. The smallest absolute Gasteiger partial charge is 0.255 e. The van der Waals surface area contributed by atoms with Crippen molar-refractivity contribution < 1.29 is 23.4 Å². The van der Waals surface area contributed by atoms with Crippen molar-refractivity contribution in [1.82, 2.24) is 19.9 Å². The predicted octanol–water partition coefficient (Wildman–Crippen LogP) is 8.80. The first-order valence-corrected chi connectivity index (χ1v) is 18.1. The molecule has 1 amide bonds. The molecule has 0 unspecified atom stereocenters. The number of hydrogen-bond acceptors (Lipinski definition) is 9. The number of nitrogens with zero attached hydrogens (tertiary/aromatic N) is 4. The number of rotatable bonds is 12. The molecule has 0 spiro atoms. The number of amides is 1. The highest BCUT2D eigenvalue weighted by atomic mass is 35.5. The molecule has 1 saturated heterocycles. The highest BCUT2D eigenvalue weighted by molar-refractivity contribution is 6.32. The van der Waals surface area contributed by atoms with Gasteiger partial charge in [-0.1, -0.05) is 41.9 Å². The lowest BCUT2D eigenvalue weighted by Crippen LogP contribution is -2.37. The summed E-state index contributed by atoms with van der Waals surface area (Å²) in [4.78, 5) is 30.0. The molecule has 7 aromatic rings. The second-order valence-electron chi connectivity index (χ2n) is 13.0. The third-order valence-electron chi connectivity index (χ3n) is 9.22. The van der Waals surface area contributed by atoms with Crippen LogP contribution in [-0.4, -0.2) is 65.2 Å². The first kappa shape index (κ1) is 35.2. The fourth-order valence-electron chi connectivity index (χ4n) is 6.43. The molecule has 0 radical (unpaired) electrons. The summed E-state index contributed by atoms with van der Waals surface area (Å²) >= 11 is 6.60. The number of benzene rings is 5. The van der Waals surface area contributed by atoms with Gasteiger partial charge in [0.25, 0.3) is 5.91 Å². The highest BCUT2D eigenvalue weighted by Gasteiger charge is 2.17. The van der Waals surface area contributed by atoms with Crippen molar-refractivity contribution in [2.24, 2.45) is 0 Å². The zero-order chi connectivity index (χ0) is 36.9. The summed E-state index contributed by atoms with van der Waals surface area (Å²) in [5.41, 5.74) is 4.63. The quantitative estimate of drug-likeness (QED) is 0.0938. The van der Waals surface area contributed by atoms with Crippen molar-refractivity contribution >= 4 is 67.4 Å². The lowest BCUT2D eigenvalue weighted by Gasteiger charge is -2.26. The zero-order valence-electron chi connectivity index (χ0n) is 29.2. The van der Waals surface area contributed by atoms with Gasteiger partial charge in [-0.15, -0.1) is 0 Å². The Hall–Kier alpha value is -5.88. The van der Waals surface area contributed by atoms with Gasteiger partial charge in [0.05, 0.1) is 47.1 Å². The molecule has 2 N–H and O–H groups in total. The van der Waals surface area contributed by atoms with E-state index in [0.717, 1.165) is 61.1 Å². The number of morpholine rings is 1. The number of aromatic nitrogens is 3. The van der Waals surface area contributed by atoms with E-state index in [4.69, 9.17) is 30.8 Å². The topological polar surface area (TPSA) is 111 Å². The van der Waals surface area contributed by atoms with Crippen LogP contribution in [0, 0.1) is 5.82 Å². The van der Waals surface area contributed by atoms with Crippen LogP contribution in [0.2, 0.25) is 5.02 Å². The fraction of sp³-hybridized carbons (Fsp3) is 0.190. The summed E-state index contributed by atoms with van der Waals surface area (Å²) in [6.45, 7) is 4.77. The number of ether oxygens (including phenoxy) is 3. The van der Waals surface area contributed by atoms with E-state index in [1.165, 1.54) is 18.5 Å². The molecule has 1 fully saturated rings. The minimum atomic E-state index is -0.330. The number of pyridine rings is 1. The van der Waals surface area contributed by atoms with Gasteiger partial charge in [0.1, 0.15) is 36.1 Å². The minimum absolute atomic E-state index is 0.167. The lowest BCUT2D eigenvalue weighted by molar-refractivity contribution is 0.0358. The summed E-state index contributed by atoms with van der Waals surface area (Å²) in [6, 6.07) is 30.6. The normalized spacial score (nSPS) is 13.3. The molecular weight excluding hydrogens is 707 g/mol. The monoisotopic (exact) mass is 742 g/mol. The van der Waals surface area contributed by atoms with Gasteiger partial charge in [-0.05, 0) is 78.7 Å². The van der Waals surface area contributed by atoms with Gasteiger partial charge in [0.2, 0.25) is 0 Å². The Morgan fingerprint density at radius 3 is 2.57 bits per heavy atom. The van der Waals surface area contributed by atoms with E-state index >= 15 is 0 Å². The second-order valence-corrected chi connectivity index (χ2v) is 13.4. The van der Waals surface area contributed by atoms with Crippen molar-refractivity contribution in [3.05, 3.63) is 131 Å². The van der Waals surface area contributed by atoms with Crippen LogP contribution in [0.3, 0.4) is 0 Å². The molecule has 12 heteroatoms. The maximum absolute atomic E-state index is 13.9. The summed E-state index contributed by atoms with van der Waals surface area (Å²) in [6.07, 6.45) is 2.27. The number of anilines is 3. The van der Waals surface area contributed by atoms with E-state index in [1.54, 1.807) is 30.3 Å². The highest BCUT2D eigenvalue weighted by Crippen LogP contribution is 2.35. The maximum atomic E-state index is 13.9. The molecule has 5 aromatic carbocycles. The van der Waals surface area contributed by atoms with Crippen LogP contribution in [0.15, 0.2) is 109 Å². The van der Waals surface area contributed by atoms with E-state index in [1.807, 2.05) is 60.7 Å². The van der Waals surface area contributed by atoms with Crippen molar-refractivity contribution in [2.75, 3.05) is 50.1 Å². The van der Waals surface area contributed by atoms with E-state index in [0.29, 0.717) is 62.4 Å². The van der Waals surface area contributed by atoms with Gasteiger partial charge in [0.15, 0.2) is 0 Å². The van der Waals surface area contributed by atoms with Crippen LogP contribution < -0.4 is 20.1 Å². The molecule has 3 heterocycles. The summed E-state index contributed by atoms with van der Waals surface area (Å²) in [5.74, 6) is 0.831. The number of carbonyl (C=O) groups is 1. The molecule has 10 nitrogen and oxygen atoms in total. The average Bonchev–Trinajstić information content (AvgIpc) is 3.19. The third-order valence-corrected chi connectivity index (χ3v) is 9.52. The molecule has 54 heavy (non-hydrogen) atoms. The van der Waals surface area contributed by atoms with Gasteiger partial charge in [-0.2, -0.15) is 0 Å². The van der Waals surface area contributed by atoms with Crippen molar-refractivity contribution in [1.29, 1.82) is 0 Å². The van der Waals surface area contributed by atoms with E-state index in [2.05, 4.69) is 25.5 Å². The number of carbonyl (C=O) groups excluding carboxylic acids is 1. The van der Waals surface area contributed by atoms with Gasteiger partial charge < -0.3 is 24.8 Å². The molecule has 0 aliphatic carbocycles. The number of para-hydroxylation sites is 1. The fourth-order valence-corrected chi connectivity index (χ4v) is 6.67. The summed E-state index contributed by atoms with van der Waals surface area (Å²) in [7, 11) is 0. The molecule has 272 valence electrons. The number of fused-ring (bicyclic) bond motifs is 3. The Balaban J connectivity index is 1.05. The Bertz CT molecular complexity index is 2480. The number of hydrogen-bond donors (Lipinski definition) is 2. The Morgan fingerprint density at radius 2 is 1.70 bits per heavy atom. The SMILES string of the molecule is O=C(Nc1cc2c(Nc3ccc(OCc4cccc(F)c4)c(Cl)c3)ncnc2cc1OCCCN1CCOCC1)c1ccc2nc3ccccc3cc2c1. The number of halogens is 2. The largest absolute Gasteiger partial charge is 0.491 e. The Kier molecular flexibility index (Phi) is 10.4. The Morgan fingerprint density at radius 1 is 0.833 bits per heavy atom. The van der Waals surface area contributed by atoms with Gasteiger partial charge >= 0.3 is 0 Å². The Labute approximate surface area is 315 Å². The zero-order valence-corrected chi connectivity index (χ0v) is 30.0. The maximum Gasteiger partial charge on any atom is 0.255 e.